The highest BCUT2D eigenvalue weighted by Gasteiger charge is 2.56. The van der Waals surface area contributed by atoms with E-state index < -0.39 is 17.5 Å². The van der Waals surface area contributed by atoms with Crippen LogP contribution in [0.5, 0.6) is 0 Å². The molecule has 1 unspecified atom stereocenters. The highest BCUT2D eigenvalue weighted by atomic mass is 35.5. The minimum absolute atomic E-state index is 0.0477. The lowest BCUT2D eigenvalue weighted by Crippen LogP contribution is -2.53. The molecule has 1 saturated heterocycles. The molecule has 1 aliphatic heterocycles. The first-order valence-corrected chi connectivity index (χ1v) is 11.1. The number of nitrogens with one attached hydrogen (secondary N) is 1. The maximum atomic E-state index is 13.4. The summed E-state index contributed by atoms with van der Waals surface area (Å²) in [6.07, 6.45) is 6.47. The first-order chi connectivity index (χ1) is 13.7. The summed E-state index contributed by atoms with van der Waals surface area (Å²) >= 11 is 12.3. The van der Waals surface area contributed by atoms with Gasteiger partial charge in [-0.25, -0.2) is 4.79 Å². The molecule has 0 aromatic heterocycles. The van der Waals surface area contributed by atoms with E-state index in [0.717, 1.165) is 24.2 Å². The van der Waals surface area contributed by atoms with E-state index in [1.54, 1.807) is 25.1 Å². The standard InChI is InChI=1S/C22H24Cl2N2O3/c1-21(16-3-2-15(23)7-17(16)24)19(28)26(20(29)25-21)11-18(27)22-8-12-4-13(9-22)6-14(5-12)10-22/h2-3,7,12-14H,4-6,8-11H2,1H3,(H,25,29). The van der Waals surface area contributed by atoms with Crippen LogP contribution >= 0.6 is 23.2 Å². The summed E-state index contributed by atoms with van der Waals surface area (Å²) in [5.41, 5.74) is -1.17. The van der Waals surface area contributed by atoms with Crippen molar-refractivity contribution in [1.29, 1.82) is 0 Å². The first kappa shape index (κ1) is 19.4. The molecule has 5 nitrogen and oxygen atoms in total. The van der Waals surface area contributed by atoms with Crippen molar-refractivity contribution in [3.05, 3.63) is 33.8 Å². The van der Waals surface area contributed by atoms with Crippen LogP contribution in [0.1, 0.15) is 51.0 Å². The topological polar surface area (TPSA) is 66.5 Å². The molecule has 0 radical (unpaired) electrons. The number of halogens is 2. The molecule has 5 aliphatic rings. The second-order valence-corrected chi connectivity index (χ2v) is 10.5. The van der Waals surface area contributed by atoms with Gasteiger partial charge < -0.3 is 5.32 Å². The minimum Gasteiger partial charge on any atom is -0.319 e. The average molecular weight is 435 g/mol. The Morgan fingerprint density at radius 2 is 1.69 bits per heavy atom. The molecule has 3 amide bonds. The van der Waals surface area contributed by atoms with Crippen LogP contribution < -0.4 is 5.32 Å². The second kappa shape index (κ2) is 6.45. The lowest BCUT2D eigenvalue weighted by Gasteiger charge is -2.56. The predicted octanol–water partition coefficient (Wildman–Crippen LogP) is 4.55. The average Bonchev–Trinajstić information content (AvgIpc) is 2.84. The number of hydrogen-bond acceptors (Lipinski definition) is 3. The van der Waals surface area contributed by atoms with Crippen LogP contribution in [-0.4, -0.2) is 29.2 Å². The lowest BCUT2D eigenvalue weighted by molar-refractivity contribution is -0.147. The molecule has 4 bridgehead atoms. The van der Waals surface area contributed by atoms with E-state index in [2.05, 4.69) is 5.32 Å². The first-order valence-electron chi connectivity index (χ1n) is 10.3. The maximum absolute atomic E-state index is 13.4. The number of nitrogens with zero attached hydrogens (tertiary/aromatic N) is 1. The number of benzene rings is 1. The molecule has 0 spiro atoms. The molecule has 1 N–H and O–H groups in total. The largest absolute Gasteiger partial charge is 0.325 e. The SMILES string of the molecule is CC1(c2ccc(Cl)cc2Cl)NC(=O)N(CC(=O)C23CC4CC(CC(C4)C2)C3)C1=O. The van der Waals surface area contributed by atoms with Crippen LogP contribution in [0.15, 0.2) is 18.2 Å². The fourth-order valence-corrected chi connectivity index (χ4v) is 7.28. The Hall–Kier alpha value is -1.59. The van der Waals surface area contributed by atoms with Crippen molar-refractivity contribution in [2.75, 3.05) is 6.54 Å². The highest BCUT2D eigenvalue weighted by molar-refractivity contribution is 6.35. The highest BCUT2D eigenvalue weighted by Crippen LogP contribution is 2.60. The number of Topliss-reactive ketones (excluding diaryl/α,β-unsaturated/α-hetero) is 1. The number of carbonyl (C=O) groups excluding carboxylic acids is 3. The molecular weight excluding hydrogens is 411 g/mol. The second-order valence-electron chi connectivity index (χ2n) is 9.69. The Morgan fingerprint density at radius 3 is 2.24 bits per heavy atom. The van der Waals surface area contributed by atoms with Crippen molar-refractivity contribution in [2.45, 2.75) is 51.0 Å². The third kappa shape index (κ3) is 2.92. The molecule has 4 saturated carbocycles. The van der Waals surface area contributed by atoms with Gasteiger partial charge in [0.15, 0.2) is 5.78 Å². The normalized spacial score (nSPS) is 37.9. The van der Waals surface area contributed by atoms with Gasteiger partial charge in [0.05, 0.1) is 6.54 Å². The number of rotatable bonds is 4. The molecule has 5 fully saturated rings. The van der Waals surface area contributed by atoms with Gasteiger partial charge in [0.1, 0.15) is 5.54 Å². The van der Waals surface area contributed by atoms with Crippen molar-refractivity contribution in [3.8, 4) is 0 Å². The summed E-state index contributed by atoms with van der Waals surface area (Å²) in [6, 6.07) is 4.29. The van der Waals surface area contributed by atoms with Crippen LogP contribution in [0.3, 0.4) is 0 Å². The molecule has 154 valence electrons. The molecule has 1 aromatic rings. The van der Waals surface area contributed by atoms with Crippen LogP contribution in [0, 0.1) is 23.2 Å². The van der Waals surface area contributed by atoms with Gasteiger partial charge in [-0.1, -0.05) is 29.3 Å². The number of ketones is 1. The molecule has 4 aliphatic carbocycles. The molecule has 1 aromatic carbocycles. The van der Waals surface area contributed by atoms with E-state index in [1.165, 1.54) is 19.3 Å². The van der Waals surface area contributed by atoms with E-state index in [9.17, 15) is 14.4 Å². The fourth-order valence-electron chi connectivity index (χ4n) is 6.68. The number of amides is 3. The molecule has 29 heavy (non-hydrogen) atoms. The van der Waals surface area contributed by atoms with Crippen LogP contribution in [-0.2, 0) is 15.1 Å². The van der Waals surface area contributed by atoms with E-state index in [4.69, 9.17) is 23.2 Å². The summed E-state index contributed by atoms with van der Waals surface area (Å²) in [7, 11) is 0. The van der Waals surface area contributed by atoms with Gasteiger partial charge >= 0.3 is 6.03 Å². The van der Waals surface area contributed by atoms with E-state index in [-0.39, 0.29) is 17.7 Å². The molecular formula is C22H24Cl2N2O3. The monoisotopic (exact) mass is 434 g/mol. The number of imide groups is 1. The van der Waals surface area contributed by atoms with Gasteiger partial charge in [0.2, 0.25) is 0 Å². The predicted molar refractivity (Wildman–Crippen MR) is 110 cm³/mol. The number of carbonyl (C=O) groups is 3. The molecule has 1 heterocycles. The van der Waals surface area contributed by atoms with Gasteiger partial charge in [-0.3, -0.25) is 14.5 Å². The zero-order chi connectivity index (χ0) is 20.6. The molecule has 6 rings (SSSR count). The summed E-state index contributed by atoms with van der Waals surface area (Å²) in [4.78, 5) is 40.4. The number of urea groups is 1. The van der Waals surface area contributed by atoms with Gasteiger partial charge in [0.25, 0.3) is 5.91 Å². The van der Waals surface area contributed by atoms with Gasteiger partial charge in [-0.15, -0.1) is 0 Å². The summed E-state index contributed by atoms with van der Waals surface area (Å²) in [6.45, 7) is 1.47. The minimum atomic E-state index is -1.31. The van der Waals surface area contributed by atoms with Gasteiger partial charge in [-0.05, 0) is 75.3 Å². The van der Waals surface area contributed by atoms with Gasteiger partial charge in [0, 0.05) is 21.0 Å². The lowest BCUT2D eigenvalue weighted by atomic mass is 9.48. The number of hydrogen-bond donors (Lipinski definition) is 1. The van der Waals surface area contributed by atoms with E-state index in [0.29, 0.717) is 33.4 Å². The zero-order valence-electron chi connectivity index (χ0n) is 16.3. The Kier molecular flexibility index (Phi) is 4.31. The van der Waals surface area contributed by atoms with Crippen molar-refractivity contribution < 1.29 is 14.4 Å². The fraction of sp³-hybridized carbons (Fsp3) is 0.591. The Morgan fingerprint density at radius 1 is 1.10 bits per heavy atom. The molecule has 1 atom stereocenters. The Labute approximate surface area is 180 Å². The Bertz CT molecular complexity index is 895. The van der Waals surface area contributed by atoms with Crippen LogP contribution in [0.25, 0.3) is 0 Å². The summed E-state index contributed by atoms with van der Waals surface area (Å²) < 4.78 is 0. The van der Waals surface area contributed by atoms with E-state index >= 15 is 0 Å². The van der Waals surface area contributed by atoms with Gasteiger partial charge in [-0.2, -0.15) is 0 Å². The summed E-state index contributed by atoms with van der Waals surface area (Å²) in [5, 5.41) is 3.50. The van der Waals surface area contributed by atoms with E-state index in [1.807, 2.05) is 0 Å². The Balaban J connectivity index is 1.39. The third-order valence-electron chi connectivity index (χ3n) is 7.68. The van der Waals surface area contributed by atoms with Crippen molar-refractivity contribution in [2.24, 2.45) is 23.2 Å². The quantitative estimate of drug-likeness (QED) is 0.706. The van der Waals surface area contributed by atoms with Crippen molar-refractivity contribution >= 4 is 40.9 Å². The zero-order valence-corrected chi connectivity index (χ0v) is 17.9. The molecule has 7 heteroatoms. The third-order valence-corrected chi connectivity index (χ3v) is 8.22. The summed E-state index contributed by atoms with van der Waals surface area (Å²) in [5.74, 6) is 1.50. The smallest absolute Gasteiger partial charge is 0.319 e. The van der Waals surface area contributed by atoms with Crippen LogP contribution in [0.2, 0.25) is 10.0 Å². The van der Waals surface area contributed by atoms with Crippen molar-refractivity contribution in [3.63, 3.8) is 0 Å². The maximum Gasteiger partial charge on any atom is 0.325 e. The van der Waals surface area contributed by atoms with Crippen LogP contribution in [0.4, 0.5) is 4.79 Å². The van der Waals surface area contributed by atoms with Crippen molar-refractivity contribution in [1.82, 2.24) is 10.2 Å².